The molecule has 428 valence electrons. The second-order valence-corrected chi connectivity index (χ2v) is 19.6. The molecule has 25 heteroatoms. The van der Waals surface area contributed by atoms with Gasteiger partial charge in [0.25, 0.3) is 17.4 Å². The van der Waals surface area contributed by atoms with Crippen LogP contribution in [-0.4, -0.2) is 165 Å². The highest BCUT2D eigenvalue weighted by atomic mass is 16.7. The Balaban J connectivity index is 0.824. The highest BCUT2D eigenvalue weighted by Crippen LogP contribution is 2.45. The molecule has 0 bridgehead atoms. The Hall–Kier alpha value is -7.16. The lowest BCUT2D eigenvalue weighted by atomic mass is 9.86. The van der Waals surface area contributed by atoms with Crippen LogP contribution in [0.4, 0.5) is 0 Å². The van der Waals surface area contributed by atoms with Crippen LogP contribution in [0.5, 0.6) is 11.5 Å². The van der Waals surface area contributed by atoms with Crippen molar-refractivity contribution in [1.82, 2.24) is 35.7 Å². The number of aliphatic hydroxyl groups is 1. The third-order valence-electron chi connectivity index (χ3n) is 13.9. The zero-order valence-corrected chi connectivity index (χ0v) is 44.7. The molecule has 2 aromatic heterocycles. The predicted octanol–water partition coefficient (Wildman–Crippen LogP) is 0.457. The zero-order valence-electron chi connectivity index (χ0n) is 44.7. The molecular weight excluding hydrogens is 1030 g/mol. The van der Waals surface area contributed by atoms with Gasteiger partial charge in [-0.05, 0) is 62.8 Å². The van der Waals surface area contributed by atoms with Gasteiger partial charge in [-0.15, -0.1) is 0 Å². The second kappa shape index (κ2) is 28.1. The van der Waals surface area contributed by atoms with E-state index in [1.165, 1.54) is 16.7 Å². The fourth-order valence-electron chi connectivity index (χ4n) is 9.47. The topological polar surface area (TPSA) is 334 Å². The molecule has 1 aromatic carbocycles. The number of amides is 6. The zero-order chi connectivity index (χ0) is 56.6. The maximum absolute atomic E-state index is 14.4. The Morgan fingerprint density at radius 1 is 0.797 bits per heavy atom. The van der Waals surface area contributed by atoms with Gasteiger partial charge < -0.3 is 65.3 Å². The van der Waals surface area contributed by atoms with Crippen LogP contribution in [0.1, 0.15) is 94.9 Å². The van der Waals surface area contributed by atoms with E-state index in [-0.39, 0.29) is 127 Å². The lowest BCUT2D eigenvalue weighted by Crippen LogP contribution is -2.55. The van der Waals surface area contributed by atoms with Crippen LogP contribution in [0.3, 0.4) is 0 Å². The molecule has 0 fully saturated rings. The smallest absolute Gasteiger partial charge is 0.343 e. The quantitative estimate of drug-likeness (QED) is 0.0274. The predicted molar refractivity (Wildman–Crippen MR) is 280 cm³/mol. The van der Waals surface area contributed by atoms with Gasteiger partial charge in [0.1, 0.15) is 18.7 Å². The maximum atomic E-state index is 14.4. The summed E-state index contributed by atoms with van der Waals surface area (Å²) in [7, 11) is 0. The normalized spacial score (nSPS) is 17.6. The summed E-state index contributed by atoms with van der Waals surface area (Å²) in [5.74, 6) is -3.34. The minimum atomic E-state index is -2.05. The summed E-state index contributed by atoms with van der Waals surface area (Å²) >= 11 is 0. The molecule has 0 saturated carbocycles. The number of esters is 1. The van der Waals surface area contributed by atoms with Crippen molar-refractivity contribution in [3.05, 3.63) is 63.5 Å². The molecule has 6 amide bonds. The van der Waals surface area contributed by atoms with Crippen LogP contribution in [0, 0.1) is 5.92 Å². The molecule has 4 atom stereocenters. The average molecular weight is 1100 g/mol. The van der Waals surface area contributed by atoms with Crippen molar-refractivity contribution in [3.8, 4) is 22.9 Å². The lowest BCUT2D eigenvalue weighted by molar-refractivity contribution is -0.172. The van der Waals surface area contributed by atoms with Gasteiger partial charge >= 0.3 is 5.97 Å². The van der Waals surface area contributed by atoms with Crippen molar-refractivity contribution >= 4 is 58.1 Å². The van der Waals surface area contributed by atoms with E-state index in [4.69, 9.17) is 43.9 Å². The number of nitrogens with two attached hydrogens (primary N) is 1. The van der Waals surface area contributed by atoms with E-state index in [1.54, 1.807) is 39.0 Å². The monoisotopic (exact) mass is 1100 g/mol. The van der Waals surface area contributed by atoms with Crippen molar-refractivity contribution in [2.75, 3.05) is 85.8 Å². The number of cyclic esters (lactones) is 1. The molecule has 0 radical (unpaired) electrons. The first-order chi connectivity index (χ1) is 38.0. The van der Waals surface area contributed by atoms with E-state index >= 15 is 0 Å². The van der Waals surface area contributed by atoms with Crippen LogP contribution in [0.25, 0.3) is 22.3 Å². The third kappa shape index (κ3) is 15.0. The van der Waals surface area contributed by atoms with Crippen molar-refractivity contribution in [1.29, 1.82) is 0 Å². The van der Waals surface area contributed by atoms with Crippen LogP contribution >= 0.6 is 0 Å². The number of ketones is 1. The maximum Gasteiger partial charge on any atom is 0.343 e. The number of hydrogen-bond donors (Lipinski definition) is 6. The number of carbonyl (C=O) groups excluding carboxylic acids is 8. The Labute approximate surface area is 455 Å². The number of imide groups is 1. The molecule has 0 aliphatic carbocycles. The number of pyridine rings is 2. The highest BCUT2D eigenvalue weighted by Gasteiger charge is 2.46. The number of ether oxygens (including phenoxy) is 7. The van der Waals surface area contributed by atoms with Gasteiger partial charge in [-0.2, -0.15) is 0 Å². The lowest BCUT2D eigenvalue weighted by Gasteiger charge is -2.32. The number of hydrogen-bond acceptors (Lipinski definition) is 19. The number of rotatable bonds is 33. The van der Waals surface area contributed by atoms with Crippen molar-refractivity contribution in [2.24, 2.45) is 11.7 Å². The Bertz CT molecular complexity index is 2840. The van der Waals surface area contributed by atoms with E-state index in [2.05, 4.69) is 21.3 Å². The number of nitrogens with zero attached hydrogens (tertiary/aromatic N) is 3. The molecule has 3 aromatic rings. The van der Waals surface area contributed by atoms with E-state index < -0.39 is 64.8 Å². The first-order valence-electron chi connectivity index (χ1n) is 26.7. The average Bonchev–Trinajstić information content (AvgIpc) is 4.13. The van der Waals surface area contributed by atoms with Gasteiger partial charge in [-0.25, -0.2) is 9.78 Å². The second-order valence-electron chi connectivity index (χ2n) is 19.6. The van der Waals surface area contributed by atoms with Crippen LogP contribution in [0.2, 0.25) is 0 Å². The molecule has 0 spiro atoms. The molecule has 25 nitrogen and oxygen atoms in total. The highest BCUT2D eigenvalue weighted by molar-refractivity contribution is 6.13. The molecule has 4 aliphatic rings. The van der Waals surface area contributed by atoms with Crippen LogP contribution < -0.4 is 42.0 Å². The number of nitrogens with one attached hydrogen (secondary N) is 4. The Kier molecular flexibility index (Phi) is 21.2. The minimum Gasteiger partial charge on any atom is -0.458 e. The largest absolute Gasteiger partial charge is 0.458 e. The van der Waals surface area contributed by atoms with Gasteiger partial charge in [-0.1, -0.05) is 20.8 Å². The number of unbranched alkanes of at least 4 members (excludes halogenated alkanes) is 1. The summed E-state index contributed by atoms with van der Waals surface area (Å²) < 4.78 is 39.9. The molecule has 79 heavy (non-hydrogen) atoms. The van der Waals surface area contributed by atoms with Crippen LogP contribution in [0.15, 0.2) is 41.2 Å². The molecule has 1 unspecified atom stereocenters. The van der Waals surface area contributed by atoms with Crippen molar-refractivity contribution in [3.63, 3.8) is 0 Å². The van der Waals surface area contributed by atoms with Gasteiger partial charge in [0, 0.05) is 67.1 Å². The van der Waals surface area contributed by atoms with Gasteiger partial charge in [0.05, 0.1) is 87.9 Å². The number of fused-ring (bicyclic) bond motifs is 6. The standard InChI is InChI=1S/C54H70N8O17/c1-4-54(72)37-27-41-49-35(25-33-26-42-43(79-31-78-42)28-39(33)58-49)40(62(41)52(70)36(37)30-77-53(54)71)9-8-34(63)29-57-50(68)38(7-5-6-14-55)59-51(69)48(32(2)3)60-45(65)13-17-73-19-21-75-23-24-76-22-20-74-18-15-56-44(64)12-16-61-46(66)10-11-47(61)67/h10-11,25-28,32,38,40,48,72H,4-9,12-24,29-31,55H2,1-3H3,(H,56,64)(H,57,68)(H,59,69)(H,60,65)/t38-,40?,48-,54-/m0/s1. The Morgan fingerprint density at radius 2 is 1.47 bits per heavy atom. The number of benzene rings is 1. The molecule has 7 N–H and O–H groups in total. The van der Waals surface area contributed by atoms with Crippen molar-refractivity contribution in [2.45, 2.75) is 102 Å². The van der Waals surface area contributed by atoms with Gasteiger partial charge in [-0.3, -0.25) is 47.8 Å². The molecular formula is C54H70N8O17. The van der Waals surface area contributed by atoms with E-state index in [0.717, 1.165) is 4.90 Å². The van der Waals surface area contributed by atoms with E-state index in [9.17, 15) is 48.3 Å². The summed E-state index contributed by atoms with van der Waals surface area (Å²) in [6.45, 7) is 7.05. The summed E-state index contributed by atoms with van der Waals surface area (Å²) in [6.07, 6.45) is 3.56. The third-order valence-corrected chi connectivity index (χ3v) is 13.9. The summed E-state index contributed by atoms with van der Waals surface area (Å²) in [6, 6.07) is 4.24. The summed E-state index contributed by atoms with van der Waals surface area (Å²) in [4.78, 5) is 122. The fourth-order valence-corrected chi connectivity index (χ4v) is 9.47. The van der Waals surface area contributed by atoms with E-state index in [0.29, 0.717) is 85.2 Å². The molecule has 6 heterocycles. The van der Waals surface area contributed by atoms with Gasteiger partial charge in [0.2, 0.25) is 30.4 Å². The first-order valence-corrected chi connectivity index (χ1v) is 26.7. The molecule has 0 saturated heterocycles. The summed E-state index contributed by atoms with van der Waals surface area (Å²) in [5, 5.41) is 23.0. The number of aromatic nitrogens is 2. The minimum absolute atomic E-state index is 0.000197. The molecule has 4 aliphatic heterocycles. The number of carbonyl (C=O) groups is 8. The SMILES string of the molecule is CC[C@@]1(O)C(=O)OCc2c1cc1n(c2=O)C(CCC(=O)CNC(=O)[C@H](CCCCN)NC(=O)[C@@H](NC(=O)CCOCCOCCOCCOCCNC(=O)CCN2C(=O)C=CC2=O)C(C)C)c2cc3cc4c(cc3nc2-1)OCO4. The first kappa shape index (κ1) is 59.5. The molecule has 7 rings (SSSR count). The van der Waals surface area contributed by atoms with Gasteiger partial charge in [0.15, 0.2) is 22.9 Å². The fraction of sp³-hybridized carbons (Fsp3) is 0.556. The number of Topliss-reactive ketones (excluding diaryl/α,β-unsaturated/α-hetero) is 1. The summed E-state index contributed by atoms with van der Waals surface area (Å²) in [5.41, 5.74) is 5.43. The Morgan fingerprint density at radius 3 is 2.14 bits per heavy atom. The van der Waals surface area contributed by atoms with E-state index in [1.807, 2.05) is 6.07 Å². The van der Waals surface area contributed by atoms with Crippen molar-refractivity contribution < 1.29 is 76.6 Å². The van der Waals surface area contributed by atoms with Crippen LogP contribution in [-0.2, 0) is 74.2 Å².